The van der Waals surface area contributed by atoms with Crippen molar-refractivity contribution < 1.29 is 14.5 Å². The van der Waals surface area contributed by atoms with Crippen LogP contribution in [0.4, 0.5) is 11.4 Å². The van der Waals surface area contributed by atoms with Crippen LogP contribution in [0.25, 0.3) is 11.8 Å². The van der Waals surface area contributed by atoms with Crippen LogP contribution in [0, 0.1) is 10.1 Å². The lowest BCUT2D eigenvalue weighted by Crippen LogP contribution is -2.54. The summed E-state index contributed by atoms with van der Waals surface area (Å²) in [6.07, 6.45) is 3.08. The second-order valence-electron chi connectivity index (χ2n) is 6.49. The maximum Gasteiger partial charge on any atom is 0.271 e. The van der Waals surface area contributed by atoms with Crippen LogP contribution in [0.3, 0.4) is 0 Å². The first-order valence-electron chi connectivity index (χ1n) is 8.95. The van der Waals surface area contributed by atoms with Gasteiger partial charge in [0.05, 0.1) is 21.3 Å². The fourth-order valence-electron chi connectivity index (χ4n) is 3.16. The maximum atomic E-state index is 13.2. The molecule has 8 nitrogen and oxygen atoms in total. The number of nitrogens with zero attached hydrogens (tertiary/aromatic N) is 3. The average Bonchev–Trinajstić information content (AvgIpc) is 3.21. The molecule has 2 heterocycles. The van der Waals surface area contributed by atoms with Crippen molar-refractivity contribution in [3.63, 3.8) is 0 Å². The molecule has 0 radical (unpaired) electrons. The number of amides is 2. The lowest BCUT2D eigenvalue weighted by atomic mass is 10.1. The first-order valence-corrected chi connectivity index (χ1v) is 9.73. The minimum absolute atomic E-state index is 0.0747. The van der Waals surface area contributed by atoms with Crippen LogP contribution in [-0.2, 0) is 9.59 Å². The fourth-order valence-corrected chi connectivity index (χ4v) is 3.65. The monoisotopic (exact) mass is 452 g/mol. The van der Waals surface area contributed by atoms with Crippen molar-refractivity contribution in [3.8, 4) is 5.69 Å². The molecule has 0 saturated carbocycles. The van der Waals surface area contributed by atoms with E-state index in [4.69, 9.17) is 23.8 Å². The van der Waals surface area contributed by atoms with E-state index in [-0.39, 0.29) is 16.4 Å². The van der Waals surface area contributed by atoms with E-state index in [0.29, 0.717) is 22.1 Å². The zero-order chi connectivity index (χ0) is 22.1. The van der Waals surface area contributed by atoms with E-state index in [9.17, 15) is 19.7 Å². The summed E-state index contributed by atoms with van der Waals surface area (Å²) in [7, 11) is 0. The molecular weight excluding hydrogens is 440 g/mol. The molecule has 0 unspecified atom stereocenters. The normalized spacial score (nSPS) is 15.3. The molecule has 1 N–H and O–H groups in total. The van der Waals surface area contributed by atoms with E-state index in [1.54, 1.807) is 59.3 Å². The molecule has 10 heteroatoms. The number of thiocarbonyl (C=S) groups is 1. The molecule has 1 aliphatic heterocycles. The second kappa shape index (κ2) is 8.13. The molecule has 2 amide bonds. The molecule has 1 saturated heterocycles. The van der Waals surface area contributed by atoms with Crippen molar-refractivity contribution in [2.24, 2.45) is 0 Å². The van der Waals surface area contributed by atoms with Gasteiger partial charge in [-0.15, -0.1) is 0 Å². The summed E-state index contributed by atoms with van der Waals surface area (Å²) < 4.78 is 1.63. The summed E-state index contributed by atoms with van der Waals surface area (Å²) in [6.45, 7) is 0. The standard InChI is InChI=1S/C21H13ClN4O4S/c22-17-8-1-2-9-18(17)25-20(28)16(19(27)23-21(25)31)12-14-7-4-10-24(14)13-5-3-6-15(11-13)26(29)30/h1-12H,(H,23,27,31). The maximum absolute atomic E-state index is 13.2. The third kappa shape index (κ3) is 3.83. The van der Waals surface area contributed by atoms with E-state index in [1.807, 2.05) is 0 Å². The lowest BCUT2D eigenvalue weighted by Gasteiger charge is -2.29. The predicted molar refractivity (Wildman–Crippen MR) is 120 cm³/mol. The molecule has 0 atom stereocenters. The number of nitrogens with one attached hydrogen (secondary N) is 1. The van der Waals surface area contributed by atoms with Crippen LogP contribution in [0.15, 0.2) is 72.4 Å². The van der Waals surface area contributed by atoms with E-state index < -0.39 is 16.7 Å². The van der Waals surface area contributed by atoms with Gasteiger partial charge in [0.2, 0.25) is 0 Å². The number of benzene rings is 2. The molecule has 31 heavy (non-hydrogen) atoms. The number of anilines is 1. The first kappa shape index (κ1) is 20.5. The minimum Gasteiger partial charge on any atom is -0.317 e. The SMILES string of the molecule is O=C1NC(=S)N(c2ccccc2Cl)C(=O)C1=Cc1cccn1-c1cccc([N+](=O)[O-])c1. The van der Waals surface area contributed by atoms with Gasteiger partial charge in [-0.2, -0.15) is 0 Å². The zero-order valence-corrected chi connectivity index (χ0v) is 17.3. The molecule has 3 aromatic rings. The van der Waals surface area contributed by atoms with Gasteiger partial charge in [0, 0.05) is 24.0 Å². The third-order valence-corrected chi connectivity index (χ3v) is 5.19. The van der Waals surface area contributed by atoms with Crippen LogP contribution >= 0.6 is 23.8 Å². The summed E-state index contributed by atoms with van der Waals surface area (Å²) in [6, 6.07) is 16.0. The Labute approximate surface area is 186 Å². The molecule has 0 spiro atoms. The molecule has 0 aliphatic carbocycles. The number of hydrogen-bond acceptors (Lipinski definition) is 5. The molecule has 154 valence electrons. The van der Waals surface area contributed by atoms with Gasteiger partial charge in [0.1, 0.15) is 5.57 Å². The van der Waals surface area contributed by atoms with Crippen LogP contribution in [-0.4, -0.2) is 26.4 Å². The lowest BCUT2D eigenvalue weighted by molar-refractivity contribution is -0.384. The Kier molecular flexibility index (Phi) is 5.37. The summed E-state index contributed by atoms with van der Waals surface area (Å²) in [5.74, 6) is -1.28. The highest BCUT2D eigenvalue weighted by molar-refractivity contribution is 7.80. The molecular formula is C21H13ClN4O4S. The summed E-state index contributed by atoms with van der Waals surface area (Å²) in [5.41, 5.74) is 1.10. The van der Waals surface area contributed by atoms with Gasteiger partial charge in [0.25, 0.3) is 17.5 Å². The van der Waals surface area contributed by atoms with Crippen LogP contribution in [0.1, 0.15) is 5.69 Å². The van der Waals surface area contributed by atoms with Crippen molar-refractivity contribution in [1.29, 1.82) is 0 Å². The van der Waals surface area contributed by atoms with Gasteiger partial charge >= 0.3 is 0 Å². The Morgan fingerprint density at radius 3 is 2.58 bits per heavy atom. The summed E-state index contributed by atoms with van der Waals surface area (Å²) in [5, 5.41) is 13.8. The Balaban J connectivity index is 1.77. The number of carbonyl (C=O) groups excluding carboxylic acids is 2. The van der Waals surface area contributed by atoms with Crippen molar-refractivity contribution in [2.75, 3.05) is 4.90 Å². The van der Waals surface area contributed by atoms with Gasteiger partial charge < -0.3 is 4.57 Å². The second-order valence-corrected chi connectivity index (χ2v) is 7.28. The first-order chi connectivity index (χ1) is 14.9. The molecule has 0 bridgehead atoms. The molecule has 1 fully saturated rings. The highest BCUT2D eigenvalue weighted by atomic mass is 35.5. The highest BCUT2D eigenvalue weighted by Gasteiger charge is 2.35. The van der Waals surface area contributed by atoms with Crippen molar-refractivity contribution >= 4 is 58.2 Å². The number of para-hydroxylation sites is 1. The van der Waals surface area contributed by atoms with Gasteiger partial charge in [-0.05, 0) is 48.6 Å². The van der Waals surface area contributed by atoms with Gasteiger partial charge in [-0.3, -0.25) is 29.9 Å². The molecule has 4 rings (SSSR count). The van der Waals surface area contributed by atoms with E-state index in [1.165, 1.54) is 18.2 Å². The number of nitro groups is 1. The Morgan fingerprint density at radius 2 is 1.84 bits per heavy atom. The van der Waals surface area contributed by atoms with E-state index in [0.717, 1.165) is 4.90 Å². The smallest absolute Gasteiger partial charge is 0.271 e. The number of carbonyl (C=O) groups is 2. The van der Waals surface area contributed by atoms with E-state index >= 15 is 0 Å². The Hall–Kier alpha value is -3.82. The van der Waals surface area contributed by atoms with Gasteiger partial charge in [-0.25, -0.2) is 0 Å². The summed E-state index contributed by atoms with van der Waals surface area (Å²) in [4.78, 5) is 37.5. The van der Waals surface area contributed by atoms with Crippen LogP contribution in [0.2, 0.25) is 5.02 Å². The number of rotatable bonds is 4. The van der Waals surface area contributed by atoms with E-state index in [2.05, 4.69) is 5.32 Å². The largest absolute Gasteiger partial charge is 0.317 e. The molecule has 1 aromatic heterocycles. The number of hydrogen-bond donors (Lipinski definition) is 1. The zero-order valence-electron chi connectivity index (χ0n) is 15.7. The van der Waals surface area contributed by atoms with Crippen LogP contribution < -0.4 is 10.2 Å². The third-order valence-electron chi connectivity index (χ3n) is 4.59. The Morgan fingerprint density at radius 1 is 1.06 bits per heavy atom. The van der Waals surface area contributed by atoms with Crippen molar-refractivity contribution in [3.05, 3.63) is 93.3 Å². The predicted octanol–water partition coefficient (Wildman–Crippen LogP) is 3.87. The number of aromatic nitrogens is 1. The number of non-ortho nitro benzene ring substituents is 1. The Bertz CT molecular complexity index is 1280. The minimum atomic E-state index is -0.648. The van der Waals surface area contributed by atoms with Crippen molar-refractivity contribution in [2.45, 2.75) is 0 Å². The molecule has 1 aliphatic rings. The average molecular weight is 453 g/mol. The number of nitro benzene ring substituents is 1. The van der Waals surface area contributed by atoms with Crippen molar-refractivity contribution in [1.82, 2.24) is 9.88 Å². The quantitative estimate of drug-likeness (QED) is 0.213. The topological polar surface area (TPSA) is 97.5 Å². The number of halogens is 1. The summed E-state index contributed by atoms with van der Waals surface area (Å²) >= 11 is 11.4. The van der Waals surface area contributed by atoms with Gasteiger partial charge in [-0.1, -0.05) is 29.8 Å². The van der Waals surface area contributed by atoms with Gasteiger partial charge in [0.15, 0.2) is 5.11 Å². The highest BCUT2D eigenvalue weighted by Crippen LogP contribution is 2.29. The van der Waals surface area contributed by atoms with Crippen LogP contribution in [0.5, 0.6) is 0 Å². The molecule has 2 aromatic carbocycles. The fraction of sp³-hybridized carbons (Fsp3) is 0.